The average molecular weight is 402 g/mol. The van der Waals surface area contributed by atoms with Crippen LogP contribution in [-0.2, 0) is 11.3 Å². The summed E-state index contributed by atoms with van der Waals surface area (Å²) in [6, 6.07) is 11.0. The molecule has 0 aliphatic carbocycles. The number of hydrogen-bond acceptors (Lipinski definition) is 6. The number of ether oxygens (including phenoxy) is 3. The summed E-state index contributed by atoms with van der Waals surface area (Å²) in [6.45, 7) is 0.927. The second-order valence-corrected chi connectivity index (χ2v) is 6.46. The van der Waals surface area contributed by atoms with Gasteiger partial charge in [-0.25, -0.2) is 9.37 Å². The highest BCUT2D eigenvalue weighted by molar-refractivity contribution is 7.07. The summed E-state index contributed by atoms with van der Waals surface area (Å²) in [6.07, 6.45) is 0. The first-order chi connectivity index (χ1) is 13.7. The number of nitrogens with one attached hydrogen (secondary N) is 1. The third-order valence-corrected chi connectivity index (χ3v) is 4.34. The van der Waals surface area contributed by atoms with Crippen LogP contribution in [0.5, 0.6) is 11.5 Å². The smallest absolute Gasteiger partial charge is 0.255 e. The van der Waals surface area contributed by atoms with Crippen molar-refractivity contribution in [2.45, 2.75) is 6.61 Å². The zero-order chi connectivity index (χ0) is 19.8. The highest BCUT2D eigenvalue weighted by Crippen LogP contribution is 2.22. The molecule has 6 nitrogen and oxygen atoms in total. The van der Waals surface area contributed by atoms with E-state index >= 15 is 0 Å². The molecule has 1 N–H and O–H groups in total. The fourth-order valence-corrected chi connectivity index (χ4v) is 2.87. The lowest BCUT2D eigenvalue weighted by molar-refractivity contribution is 0.102. The van der Waals surface area contributed by atoms with Crippen molar-refractivity contribution < 1.29 is 23.4 Å². The molecule has 28 heavy (non-hydrogen) atoms. The van der Waals surface area contributed by atoms with Gasteiger partial charge in [0.25, 0.3) is 5.91 Å². The topological polar surface area (TPSA) is 69.7 Å². The number of amides is 1. The summed E-state index contributed by atoms with van der Waals surface area (Å²) in [5.74, 6) is -0.276. The Labute approximate surface area is 165 Å². The van der Waals surface area contributed by atoms with Crippen LogP contribution in [0.2, 0.25) is 0 Å². The van der Waals surface area contributed by atoms with E-state index < -0.39 is 5.82 Å². The maximum Gasteiger partial charge on any atom is 0.255 e. The van der Waals surface area contributed by atoms with Crippen LogP contribution in [0.15, 0.2) is 53.4 Å². The molecule has 0 fully saturated rings. The van der Waals surface area contributed by atoms with Gasteiger partial charge in [-0.15, -0.1) is 11.3 Å². The minimum atomic E-state index is -0.561. The molecule has 1 heterocycles. The summed E-state index contributed by atoms with van der Waals surface area (Å²) in [5, 5.41) is 4.56. The van der Waals surface area contributed by atoms with Crippen LogP contribution >= 0.6 is 11.3 Å². The van der Waals surface area contributed by atoms with Crippen LogP contribution in [0, 0.1) is 5.82 Å². The first-order valence-corrected chi connectivity index (χ1v) is 9.42. The van der Waals surface area contributed by atoms with Gasteiger partial charge in [0.15, 0.2) is 11.6 Å². The minimum absolute atomic E-state index is 0.104. The van der Waals surface area contributed by atoms with Crippen LogP contribution in [0.1, 0.15) is 16.1 Å². The molecular weight excluding hydrogens is 383 g/mol. The Hall–Kier alpha value is -2.97. The van der Waals surface area contributed by atoms with Crippen molar-refractivity contribution in [2.75, 3.05) is 25.6 Å². The first kappa shape index (κ1) is 19.8. The maximum absolute atomic E-state index is 14.1. The van der Waals surface area contributed by atoms with Gasteiger partial charge in [-0.3, -0.25) is 4.79 Å². The van der Waals surface area contributed by atoms with Crippen LogP contribution in [0.25, 0.3) is 0 Å². The lowest BCUT2D eigenvalue weighted by Gasteiger charge is -2.10. The summed E-state index contributed by atoms with van der Waals surface area (Å²) < 4.78 is 29.9. The SMILES string of the molecule is COCCOc1ccc(NC(=O)c2cccc(OCc3cscn3)c2)cc1F. The highest BCUT2D eigenvalue weighted by Gasteiger charge is 2.10. The van der Waals surface area contributed by atoms with Crippen LogP contribution in [0.3, 0.4) is 0 Å². The fraction of sp³-hybridized carbons (Fsp3) is 0.200. The molecule has 1 amide bonds. The van der Waals surface area contributed by atoms with E-state index in [1.165, 1.54) is 30.6 Å². The third-order valence-electron chi connectivity index (χ3n) is 3.70. The monoisotopic (exact) mass is 402 g/mol. The number of thiazole rings is 1. The quantitative estimate of drug-likeness (QED) is 0.545. The van der Waals surface area contributed by atoms with E-state index in [9.17, 15) is 9.18 Å². The molecule has 0 saturated carbocycles. The Morgan fingerprint density at radius 1 is 1.18 bits per heavy atom. The Balaban J connectivity index is 1.61. The number of halogens is 1. The minimum Gasteiger partial charge on any atom is -0.488 e. The molecule has 146 valence electrons. The van der Waals surface area contributed by atoms with Gasteiger partial charge < -0.3 is 19.5 Å². The molecule has 0 aliphatic rings. The molecule has 0 atom stereocenters. The van der Waals surface area contributed by atoms with E-state index in [0.29, 0.717) is 30.2 Å². The lowest BCUT2D eigenvalue weighted by Crippen LogP contribution is -2.12. The van der Waals surface area contributed by atoms with Crippen molar-refractivity contribution in [3.8, 4) is 11.5 Å². The second-order valence-electron chi connectivity index (χ2n) is 5.74. The molecule has 0 saturated heterocycles. The Kier molecular flexibility index (Phi) is 6.94. The number of hydrogen-bond donors (Lipinski definition) is 1. The number of carbonyl (C=O) groups is 1. The fourth-order valence-electron chi connectivity index (χ4n) is 2.33. The highest BCUT2D eigenvalue weighted by atomic mass is 32.1. The van der Waals surface area contributed by atoms with Gasteiger partial charge >= 0.3 is 0 Å². The number of rotatable bonds is 9. The van der Waals surface area contributed by atoms with Gasteiger partial charge in [0.2, 0.25) is 0 Å². The Morgan fingerprint density at radius 2 is 2.07 bits per heavy atom. The van der Waals surface area contributed by atoms with Gasteiger partial charge in [-0.1, -0.05) is 6.07 Å². The van der Waals surface area contributed by atoms with E-state index in [1.54, 1.807) is 35.8 Å². The van der Waals surface area contributed by atoms with Gasteiger partial charge in [0.05, 0.1) is 17.8 Å². The Bertz CT molecular complexity index is 918. The predicted octanol–water partition coefficient (Wildman–Crippen LogP) is 4.14. The van der Waals surface area contributed by atoms with E-state index in [4.69, 9.17) is 14.2 Å². The van der Waals surface area contributed by atoms with Crippen molar-refractivity contribution in [2.24, 2.45) is 0 Å². The van der Waals surface area contributed by atoms with Crippen molar-refractivity contribution in [1.82, 2.24) is 4.98 Å². The zero-order valence-electron chi connectivity index (χ0n) is 15.2. The second kappa shape index (κ2) is 9.82. The molecule has 0 bridgehead atoms. The predicted molar refractivity (Wildman–Crippen MR) is 105 cm³/mol. The van der Waals surface area contributed by atoms with Crippen LogP contribution in [0.4, 0.5) is 10.1 Å². The van der Waals surface area contributed by atoms with E-state index in [2.05, 4.69) is 10.3 Å². The summed E-state index contributed by atoms with van der Waals surface area (Å²) in [5.41, 5.74) is 3.28. The van der Waals surface area contributed by atoms with E-state index in [0.717, 1.165) is 5.69 Å². The summed E-state index contributed by atoms with van der Waals surface area (Å²) in [7, 11) is 1.54. The lowest BCUT2D eigenvalue weighted by atomic mass is 10.2. The number of anilines is 1. The number of nitrogens with zero attached hydrogens (tertiary/aromatic N) is 1. The number of aromatic nitrogens is 1. The molecule has 0 unspecified atom stereocenters. The van der Waals surface area contributed by atoms with Crippen molar-refractivity contribution in [1.29, 1.82) is 0 Å². The molecule has 0 aliphatic heterocycles. The molecule has 3 rings (SSSR count). The maximum atomic E-state index is 14.1. The van der Waals surface area contributed by atoms with Gasteiger partial charge in [0.1, 0.15) is 19.0 Å². The average Bonchev–Trinajstić information content (AvgIpc) is 3.22. The third kappa shape index (κ3) is 5.51. The molecule has 0 radical (unpaired) electrons. The molecule has 1 aromatic heterocycles. The van der Waals surface area contributed by atoms with E-state index in [-0.39, 0.29) is 18.3 Å². The molecular formula is C20H19FN2O4S. The van der Waals surface area contributed by atoms with Crippen molar-refractivity contribution in [3.05, 3.63) is 70.4 Å². The standard InChI is InChI=1S/C20H19FN2O4S/c1-25-7-8-26-19-6-5-15(10-18(19)21)23-20(24)14-3-2-4-17(9-14)27-11-16-12-28-13-22-16/h2-6,9-10,12-13H,7-8,11H2,1H3,(H,23,24). The molecule has 2 aromatic carbocycles. The van der Waals surface area contributed by atoms with E-state index in [1.807, 2.05) is 5.38 Å². The number of carbonyl (C=O) groups excluding carboxylic acids is 1. The normalized spacial score (nSPS) is 10.5. The van der Waals surface area contributed by atoms with Gasteiger partial charge in [-0.2, -0.15) is 0 Å². The van der Waals surface area contributed by atoms with Crippen molar-refractivity contribution in [3.63, 3.8) is 0 Å². The Morgan fingerprint density at radius 3 is 2.82 bits per heavy atom. The number of benzene rings is 2. The molecule has 0 spiro atoms. The first-order valence-electron chi connectivity index (χ1n) is 8.48. The summed E-state index contributed by atoms with van der Waals surface area (Å²) >= 11 is 1.49. The van der Waals surface area contributed by atoms with Gasteiger partial charge in [0, 0.05) is 29.8 Å². The largest absolute Gasteiger partial charge is 0.488 e. The zero-order valence-corrected chi connectivity index (χ0v) is 16.0. The molecule has 8 heteroatoms. The van der Waals surface area contributed by atoms with Crippen LogP contribution in [-0.4, -0.2) is 31.2 Å². The van der Waals surface area contributed by atoms with Crippen molar-refractivity contribution >= 4 is 22.9 Å². The van der Waals surface area contributed by atoms with Crippen LogP contribution < -0.4 is 14.8 Å². The molecule has 3 aromatic rings. The number of methoxy groups -OCH3 is 1. The van der Waals surface area contributed by atoms with Gasteiger partial charge in [-0.05, 0) is 30.3 Å². The summed E-state index contributed by atoms with van der Waals surface area (Å²) in [4.78, 5) is 16.6.